The minimum Gasteiger partial charge on any atom is -0.414 e. The highest BCUT2D eigenvalue weighted by Gasteiger charge is 2.63. The van der Waals surface area contributed by atoms with Gasteiger partial charge in [-0.2, -0.15) is 0 Å². The molecule has 0 aromatic carbocycles. The molecule has 0 N–H and O–H groups in total. The Bertz CT molecular complexity index is 847. The molecule has 31 heavy (non-hydrogen) atoms. The third kappa shape index (κ3) is 3.47. The second-order valence-corrected chi connectivity index (χ2v) is 17.7. The third-order valence-electron chi connectivity index (χ3n) is 10.2. The SMILES string of the molecule is CC(=O)C1CCC2C3C=CC4=CC(=O)CCC4(C)C3[C@H](O[Si](C)(C)C(C)(C)C)CC12C. The summed E-state index contributed by atoms with van der Waals surface area (Å²) in [6.07, 6.45) is 11.4. The van der Waals surface area contributed by atoms with Gasteiger partial charge in [0.25, 0.3) is 0 Å². The second kappa shape index (κ2) is 7.25. The van der Waals surface area contributed by atoms with Crippen molar-refractivity contribution in [2.75, 3.05) is 0 Å². The Morgan fingerprint density at radius 1 is 1.19 bits per heavy atom. The van der Waals surface area contributed by atoms with Gasteiger partial charge in [-0.25, -0.2) is 0 Å². The van der Waals surface area contributed by atoms with E-state index in [1.165, 1.54) is 5.57 Å². The lowest BCUT2D eigenvalue weighted by Crippen LogP contribution is -2.59. The molecule has 0 aromatic heterocycles. The molecule has 7 atom stereocenters. The summed E-state index contributed by atoms with van der Waals surface area (Å²) in [6.45, 7) is 18.2. The van der Waals surface area contributed by atoms with E-state index in [1.54, 1.807) is 6.92 Å². The molecule has 3 nitrogen and oxygen atoms in total. The molecule has 2 fully saturated rings. The summed E-state index contributed by atoms with van der Waals surface area (Å²) in [5.41, 5.74) is 1.20. The molecular formula is C27H42O3Si. The molecule has 172 valence electrons. The van der Waals surface area contributed by atoms with Gasteiger partial charge in [0, 0.05) is 18.4 Å². The first-order valence-corrected chi connectivity index (χ1v) is 15.2. The Balaban J connectivity index is 1.82. The average Bonchev–Trinajstić information content (AvgIpc) is 2.97. The summed E-state index contributed by atoms with van der Waals surface area (Å²) < 4.78 is 7.24. The standard InChI is InChI=1S/C27H42O3Si/c1-17(28)21-11-12-22-20-10-9-18-15-19(29)13-14-26(18,5)24(20)23(16-27(21,22)6)30-31(7,8)25(2,3)4/h9-10,15,20-24H,11-14,16H2,1-8H3/t20?,21?,22?,23-,24?,26?,27?/m1/s1. The smallest absolute Gasteiger partial charge is 0.192 e. The maximum absolute atomic E-state index is 12.6. The molecular weight excluding hydrogens is 400 g/mol. The first kappa shape index (κ1) is 23.2. The van der Waals surface area contributed by atoms with Crippen LogP contribution in [0.15, 0.2) is 23.8 Å². The number of hydrogen-bond acceptors (Lipinski definition) is 3. The van der Waals surface area contributed by atoms with Crippen LogP contribution in [0.25, 0.3) is 0 Å². The van der Waals surface area contributed by atoms with E-state index < -0.39 is 8.32 Å². The van der Waals surface area contributed by atoms with Crippen molar-refractivity contribution in [2.45, 2.75) is 97.9 Å². The molecule has 0 aromatic rings. The fourth-order valence-corrected chi connectivity index (χ4v) is 8.77. The summed E-state index contributed by atoms with van der Waals surface area (Å²) in [4.78, 5) is 24.9. The van der Waals surface area contributed by atoms with Gasteiger partial charge in [-0.1, -0.05) is 46.8 Å². The van der Waals surface area contributed by atoms with Gasteiger partial charge in [0.05, 0.1) is 0 Å². The normalized spacial score (nSPS) is 42.5. The van der Waals surface area contributed by atoms with Gasteiger partial charge in [-0.15, -0.1) is 0 Å². The van der Waals surface area contributed by atoms with Crippen LogP contribution in [-0.4, -0.2) is 26.0 Å². The average molecular weight is 443 g/mol. The van der Waals surface area contributed by atoms with Crippen LogP contribution in [0.1, 0.15) is 73.6 Å². The van der Waals surface area contributed by atoms with E-state index in [-0.39, 0.29) is 33.7 Å². The quantitative estimate of drug-likeness (QED) is 0.469. The minimum atomic E-state index is -1.99. The van der Waals surface area contributed by atoms with Gasteiger partial charge in [0.15, 0.2) is 14.1 Å². The Morgan fingerprint density at radius 2 is 1.87 bits per heavy atom. The number of fused-ring (bicyclic) bond motifs is 5. The van der Waals surface area contributed by atoms with Gasteiger partial charge in [-0.05, 0) is 91.0 Å². The van der Waals surface area contributed by atoms with Crippen molar-refractivity contribution in [3.63, 3.8) is 0 Å². The summed E-state index contributed by atoms with van der Waals surface area (Å²) in [7, 11) is -1.99. The van der Waals surface area contributed by atoms with Crippen molar-refractivity contribution in [3.05, 3.63) is 23.8 Å². The molecule has 4 heteroatoms. The molecule has 0 heterocycles. The zero-order valence-corrected chi connectivity index (χ0v) is 21.9. The van der Waals surface area contributed by atoms with Gasteiger partial charge < -0.3 is 4.43 Å². The van der Waals surface area contributed by atoms with Crippen LogP contribution < -0.4 is 0 Å². The minimum absolute atomic E-state index is 0.00638. The van der Waals surface area contributed by atoms with Crippen molar-refractivity contribution >= 4 is 19.9 Å². The number of allylic oxidation sites excluding steroid dienone is 4. The molecule has 0 amide bonds. The maximum atomic E-state index is 12.6. The molecule has 0 aliphatic heterocycles. The topological polar surface area (TPSA) is 43.4 Å². The maximum Gasteiger partial charge on any atom is 0.192 e. The molecule has 0 radical (unpaired) electrons. The van der Waals surface area contributed by atoms with Crippen molar-refractivity contribution in [3.8, 4) is 0 Å². The van der Waals surface area contributed by atoms with E-state index >= 15 is 0 Å². The van der Waals surface area contributed by atoms with Crippen LogP contribution in [0.4, 0.5) is 0 Å². The molecule has 2 saturated carbocycles. The van der Waals surface area contributed by atoms with Crippen LogP contribution in [0.3, 0.4) is 0 Å². The number of carbonyl (C=O) groups excluding carboxylic acids is 2. The highest BCUT2D eigenvalue weighted by Crippen LogP contribution is 2.66. The second-order valence-electron chi connectivity index (χ2n) is 12.9. The molecule has 4 aliphatic carbocycles. The predicted octanol–water partition coefficient (Wildman–Crippen LogP) is 6.50. The highest BCUT2D eigenvalue weighted by atomic mass is 28.4. The first-order chi connectivity index (χ1) is 14.2. The zero-order chi connectivity index (χ0) is 23.0. The molecule has 0 bridgehead atoms. The Morgan fingerprint density at radius 3 is 2.48 bits per heavy atom. The van der Waals surface area contributed by atoms with E-state index in [2.05, 4.69) is 59.9 Å². The van der Waals surface area contributed by atoms with Gasteiger partial charge in [0.2, 0.25) is 0 Å². The fraction of sp³-hybridized carbons (Fsp3) is 0.778. The lowest BCUT2D eigenvalue weighted by molar-refractivity contribution is -0.133. The summed E-state index contributed by atoms with van der Waals surface area (Å²) in [6, 6.07) is 0. The van der Waals surface area contributed by atoms with Crippen molar-refractivity contribution < 1.29 is 14.0 Å². The largest absolute Gasteiger partial charge is 0.414 e. The van der Waals surface area contributed by atoms with E-state index in [1.807, 2.05) is 6.08 Å². The number of carbonyl (C=O) groups is 2. The van der Waals surface area contributed by atoms with Crippen LogP contribution in [0, 0.1) is 34.5 Å². The van der Waals surface area contributed by atoms with Crippen molar-refractivity contribution in [1.82, 2.24) is 0 Å². The van der Waals surface area contributed by atoms with Crippen LogP contribution >= 0.6 is 0 Å². The Labute approximate surface area is 190 Å². The third-order valence-corrected chi connectivity index (χ3v) is 14.7. The molecule has 4 rings (SSSR count). The predicted molar refractivity (Wildman–Crippen MR) is 128 cm³/mol. The van der Waals surface area contributed by atoms with Crippen molar-refractivity contribution in [1.29, 1.82) is 0 Å². The Kier molecular flexibility index (Phi) is 5.42. The van der Waals surface area contributed by atoms with Crippen LogP contribution in [-0.2, 0) is 14.0 Å². The molecule has 0 saturated heterocycles. The number of hydrogen-bond donors (Lipinski definition) is 0. The van der Waals surface area contributed by atoms with Crippen LogP contribution in [0.2, 0.25) is 18.1 Å². The number of Topliss-reactive ketones (excluding diaryl/α,β-unsaturated/α-hetero) is 1. The van der Waals surface area contributed by atoms with Gasteiger partial charge in [0.1, 0.15) is 5.78 Å². The summed E-state index contributed by atoms with van der Waals surface area (Å²) in [5.74, 6) is 2.09. The molecule has 6 unspecified atom stereocenters. The monoisotopic (exact) mass is 442 g/mol. The zero-order valence-electron chi connectivity index (χ0n) is 20.9. The van der Waals surface area contributed by atoms with E-state index in [9.17, 15) is 9.59 Å². The first-order valence-electron chi connectivity index (χ1n) is 12.3. The lowest BCUT2D eigenvalue weighted by atomic mass is 9.47. The van der Waals surface area contributed by atoms with E-state index in [0.717, 1.165) is 25.7 Å². The van der Waals surface area contributed by atoms with Crippen LogP contribution in [0.5, 0.6) is 0 Å². The van der Waals surface area contributed by atoms with E-state index in [4.69, 9.17) is 4.43 Å². The summed E-state index contributed by atoms with van der Waals surface area (Å²) >= 11 is 0. The van der Waals surface area contributed by atoms with E-state index in [0.29, 0.717) is 30.0 Å². The highest BCUT2D eigenvalue weighted by molar-refractivity contribution is 6.74. The molecule has 0 spiro atoms. The lowest BCUT2D eigenvalue weighted by Gasteiger charge is -2.60. The van der Waals surface area contributed by atoms with Gasteiger partial charge in [-0.3, -0.25) is 9.59 Å². The fourth-order valence-electron chi connectivity index (χ4n) is 7.43. The number of ketones is 2. The number of rotatable bonds is 3. The van der Waals surface area contributed by atoms with Crippen molar-refractivity contribution in [2.24, 2.45) is 34.5 Å². The molecule has 4 aliphatic rings. The Hall–Kier alpha value is -1.00. The summed E-state index contributed by atoms with van der Waals surface area (Å²) in [5, 5.41) is 0.141. The van der Waals surface area contributed by atoms with Gasteiger partial charge >= 0.3 is 0 Å².